The van der Waals surface area contributed by atoms with Crippen LogP contribution in [0.5, 0.6) is 0 Å². The molecule has 3 nitrogen and oxygen atoms in total. The van der Waals surface area contributed by atoms with Gasteiger partial charge in [0.15, 0.2) is 0 Å². The number of carbonyl (C=O) groups excluding carboxylic acids is 1. The normalized spacial score (nSPS) is 24.9. The highest BCUT2D eigenvalue weighted by molar-refractivity contribution is 5.83. The summed E-state index contributed by atoms with van der Waals surface area (Å²) in [5.74, 6) is 0.152. The van der Waals surface area contributed by atoms with E-state index in [-0.39, 0.29) is 18.1 Å². The summed E-state index contributed by atoms with van der Waals surface area (Å²) in [5.41, 5.74) is 1.26. The number of rotatable bonds is 4. The van der Waals surface area contributed by atoms with Crippen LogP contribution in [0.2, 0.25) is 0 Å². The Hall–Kier alpha value is -1.35. The van der Waals surface area contributed by atoms with Gasteiger partial charge in [0.1, 0.15) is 0 Å². The van der Waals surface area contributed by atoms with Gasteiger partial charge in [-0.3, -0.25) is 9.69 Å². The van der Waals surface area contributed by atoms with Gasteiger partial charge >= 0.3 is 0 Å². The van der Waals surface area contributed by atoms with Crippen molar-refractivity contribution in [1.82, 2.24) is 10.2 Å². The Kier molecular flexibility index (Phi) is 3.79. The van der Waals surface area contributed by atoms with Gasteiger partial charge < -0.3 is 5.32 Å². The summed E-state index contributed by atoms with van der Waals surface area (Å²) in [7, 11) is 0. The zero-order valence-electron chi connectivity index (χ0n) is 10.5. The van der Waals surface area contributed by atoms with E-state index in [0.29, 0.717) is 0 Å². The zero-order chi connectivity index (χ0) is 12.3. The molecular weight excluding hydrogens is 212 g/mol. The predicted octanol–water partition coefficient (Wildman–Crippen LogP) is 2.13. The number of benzene rings is 1. The Morgan fingerprint density at radius 1 is 1.29 bits per heavy atom. The molecule has 1 saturated heterocycles. The predicted molar refractivity (Wildman–Crippen MR) is 68.3 cm³/mol. The first kappa shape index (κ1) is 12.1. The topological polar surface area (TPSA) is 32.3 Å². The van der Waals surface area contributed by atoms with Crippen molar-refractivity contribution in [3.05, 3.63) is 35.9 Å². The molecule has 1 aromatic carbocycles. The molecule has 3 heteroatoms. The SMILES string of the molecule is CCCC1NC(=O)[C@H](C)N1Cc1ccccc1. The molecule has 1 aromatic rings. The third-order valence-electron chi connectivity index (χ3n) is 3.36. The monoisotopic (exact) mass is 232 g/mol. The van der Waals surface area contributed by atoms with Gasteiger partial charge in [0.25, 0.3) is 0 Å². The molecule has 1 aliphatic rings. The maximum Gasteiger partial charge on any atom is 0.238 e. The Morgan fingerprint density at radius 2 is 2.00 bits per heavy atom. The Bertz CT molecular complexity index is 377. The average Bonchev–Trinajstić information content (AvgIpc) is 2.59. The fraction of sp³-hybridized carbons (Fsp3) is 0.500. The molecule has 92 valence electrons. The molecule has 0 bridgehead atoms. The maximum atomic E-state index is 11.7. The lowest BCUT2D eigenvalue weighted by Gasteiger charge is -2.25. The first-order valence-corrected chi connectivity index (χ1v) is 6.32. The van der Waals surface area contributed by atoms with Crippen molar-refractivity contribution >= 4 is 5.91 Å². The van der Waals surface area contributed by atoms with Crippen molar-refractivity contribution in [3.8, 4) is 0 Å². The van der Waals surface area contributed by atoms with Crippen LogP contribution in [0.15, 0.2) is 30.3 Å². The summed E-state index contributed by atoms with van der Waals surface area (Å²) >= 11 is 0. The molecule has 0 radical (unpaired) electrons. The standard InChI is InChI=1S/C14H20N2O/c1-3-7-13-15-14(17)11(2)16(13)10-12-8-5-4-6-9-12/h4-6,8-9,11,13H,3,7,10H2,1-2H3,(H,15,17)/t11-,13?/m0/s1. The first-order chi connectivity index (χ1) is 8.22. The lowest BCUT2D eigenvalue weighted by molar-refractivity contribution is -0.121. The largest absolute Gasteiger partial charge is 0.339 e. The van der Waals surface area contributed by atoms with Crippen molar-refractivity contribution in [2.45, 2.75) is 45.4 Å². The molecule has 1 unspecified atom stereocenters. The molecule has 1 aliphatic heterocycles. The molecular formula is C14H20N2O. The lowest BCUT2D eigenvalue weighted by atomic mass is 10.1. The van der Waals surface area contributed by atoms with E-state index in [9.17, 15) is 4.79 Å². The van der Waals surface area contributed by atoms with Crippen LogP contribution in [0.4, 0.5) is 0 Å². The highest BCUT2D eigenvalue weighted by Crippen LogP contribution is 2.19. The molecule has 2 atom stereocenters. The molecule has 0 saturated carbocycles. The molecule has 1 N–H and O–H groups in total. The van der Waals surface area contributed by atoms with Crippen LogP contribution in [-0.4, -0.2) is 23.0 Å². The highest BCUT2D eigenvalue weighted by Gasteiger charge is 2.35. The fourth-order valence-electron chi connectivity index (χ4n) is 2.34. The van der Waals surface area contributed by atoms with E-state index in [1.165, 1.54) is 5.56 Å². The fourth-order valence-corrected chi connectivity index (χ4v) is 2.34. The minimum atomic E-state index is -0.0215. The van der Waals surface area contributed by atoms with Crippen LogP contribution < -0.4 is 5.32 Å². The van der Waals surface area contributed by atoms with E-state index < -0.39 is 0 Å². The van der Waals surface area contributed by atoms with E-state index in [1.807, 2.05) is 25.1 Å². The highest BCUT2D eigenvalue weighted by atomic mass is 16.2. The number of hydrogen-bond donors (Lipinski definition) is 1. The lowest BCUT2D eigenvalue weighted by Crippen LogP contribution is -2.37. The molecule has 1 heterocycles. The van der Waals surface area contributed by atoms with Crippen LogP contribution in [-0.2, 0) is 11.3 Å². The van der Waals surface area contributed by atoms with Crippen LogP contribution >= 0.6 is 0 Å². The van der Waals surface area contributed by atoms with E-state index in [0.717, 1.165) is 19.4 Å². The Balaban J connectivity index is 2.09. The van der Waals surface area contributed by atoms with Gasteiger partial charge in [-0.2, -0.15) is 0 Å². The van der Waals surface area contributed by atoms with Gasteiger partial charge in [-0.05, 0) is 18.9 Å². The quantitative estimate of drug-likeness (QED) is 0.862. The number of amides is 1. The smallest absolute Gasteiger partial charge is 0.238 e. The van der Waals surface area contributed by atoms with Gasteiger partial charge in [-0.1, -0.05) is 43.7 Å². The van der Waals surface area contributed by atoms with Crippen LogP contribution in [0, 0.1) is 0 Å². The number of hydrogen-bond acceptors (Lipinski definition) is 2. The molecule has 0 spiro atoms. The zero-order valence-corrected chi connectivity index (χ0v) is 10.5. The van der Waals surface area contributed by atoms with Crippen molar-refractivity contribution in [1.29, 1.82) is 0 Å². The summed E-state index contributed by atoms with van der Waals surface area (Å²) in [6, 6.07) is 10.3. The average molecular weight is 232 g/mol. The van der Waals surface area contributed by atoms with Gasteiger partial charge in [-0.25, -0.2) is 0 Å². The van der Waals surface area contributed by atoms with E-state index in [2.05, 4.69) is 29.3 Å². The summed E-state index contributed by atoms with van der Waals surface area (Å²) in [6.07, 6.45) is 2.30. The summed E-state index contributed by atoms with van der Waals surface area (Å²) in [4.78, 5) is 14.0. The maximum absolute atomic E-state index is 11.7. The molecule has 0 aromatic heterocycles. The molecule has 2 rings (SSSR count). The van der Waals surface area contributed by atoms with Crippen LogP contribution in [0.1, 0.15) is 32.3 Å². The second-order valence-corrected chi connectivity index (χ2v) is 4.65. The van der Waals surface area contributed by atoms with E-state index in [4.69, 9.17) is 0 Å². The van der Waals surface area contributed by atoms with Gasteiger partial charge in [0.05, 0.1) is 12.2 Å². The molecule has 17 heavy (non-hydrogen) atoms. The molecule has 1 amide bonds. The Labute approximate surface area is 103 Å². The van der Waals surface area contributed by atoms with Gasteiger partial charge in [0, 0.05) is 6.54 Å². The van der Waals surface area contributed by atoms with Crippen LogP contribution in [0.3, 0.4) is 0 Å². The van der Waals surface area contributed by atoms with Crippen molar-refractivity contribution in [2.24, 2.45) is 0 Å². The third kappa shape index (κ3) is 2.67. The van der Waals surface area contributed by atoms with E-state index >= 15 is 0 Å². The number of carbonyl (C=O) groups is 1. The number of nitrogens with one attached hydrogen (secondary N) is 1. The van der Waals surface area contributed by atoms with Gasteiger partial charge in [0.2, 0.25) is 5.91 Å². The molecule has 0 aliphatic carbocycles. The van der Waals surface area contributed by atoms with Crippen molar-refractivity contribution in [3.63, 3.8) is 0 Å². The molecule has 1 fully saturated rings. The Morgan fingerprint density at radius 3 is 2.65 bits per heavy atom. The van der Waals surface area contributed by atoms with Gasteiger partial charge in [-0.15, -0.1) is 0 Å². The second kappa shape index (κ2) is 5.32. The third-order valence-corrected chi connectivity index (χ3v) is 3.36. The number of nitrogens with zero attached hydrogens (tertiary/aromatic N) is 1. The minimum Gasteiger partial charge on any atom is -0.339 e. The van der Waals surface area contributed by atoms with Crippen molar-refractivity contribution in [2.75, 3.05) is 0 Å². The van der Waals surface area contributed by atoms with Crippen LogP contribution in [0.25, 0.3) is 0 Å². The first-order valence-electron chi connectivity index (χ1n) is 6.32. The summed E-state index contributed by atoms with van der Waals surface area (Å²) in [5, 5.41) is 3.06. The minimum absolute atomic E-state index is 0.0215. The van der Waals surface area contributed by atoms with Crippen molar-refractivity contribution < 1.29 is 4.79 Å². The second-order valence-electron chi connectivity index (χ2n) is 4.65. The van der Waals surface area contributed by atoms with E-state index in [1.54, 1.807) is 0 Å². The summed E-state index contributed by atoms with van der Waals surface area (Å²) in [6.45, 7) is 4.97. The summed E-state index contributed by atoms with van der Waals surface area (Å²) < 4.78 is 0.